The number of hydrogen-bond donors (Lipinski definition) is 0. The third-order valence-corrected chi connectivity index (χ3v) is 3.56. The molecule has 0 aliphatic heterocycles. The van der Waals surface area contributed by atoms with E-state index in [0.717, 1.165) is 18.7 Å². The maximum atomic E-state index is 10.2. The fourth-order valence-electron chi connectivity index (χ4n) is 1.69. The second kappa shape index (κ2) is 5.54. The molecule has 4 nitrogen and oxygen atoms in total. The number of hydrogen-bond acceptors (Lipinski definition) is 3. The number of rotatable bonds is 4. The fraction of sp³-hybridized carbons (Fsp3) is 0.250. The molecule has 0 bridgehead atoms. The van der Waals surface area contributed by atoms with Gasteiger partial charge in [0.2, 0.25) is 4.80 Å². The Bertz CT molecular complexity index is 557. The summed E-state index contributed by atoms with van der Waals surface area (Å²) in [5.41, 5.74) is 2.38. The predicted octanol–water partition coefficient (Wildman–Crippen LogP) is 2.68. The quantitative estimate of drug-likeness (QED) is 0.605. The van der Waals surface area contributed by atoms with Crippen LogP contribution in [0.25, 0.3) is 0 Å². The first-order valence-corrected chi connectivity index (χ1v) is 6.24. The fourth-order valence-corrected chi connectivity index (χ4v) is 2.53. The van der Waals surface area contributed by atoms with Crippen LogP contribution in [0.5, 0.6) is 0 Å². The molecule has 0 unspecified atom stereocenters. The highest BCUT2D eigenvalue weighted by atomic mass is 32.1. The van der Waals surface area contributed by atoms with Gasteiger partial charge in [0.15, 0.2) is 0 Å². The molecule has 0 amide bonds. The van der Waals surface area contributed by atoms with Gasteiger partial charge in [-0.2, -0.15) is 0 Å². The molecule has 1 heterocycles. The minimum atomic E-state index is 0.661. The summed E-state index contributed by atoms with van der Waals surface area (Å²) >= 11 is 1.44. The molecular formula is C12H13N3OS. The molecular weight excluding hydrogens is 234 g/mol. The summed E-state index contributed by atoms with van der Waals surface area (Å²) in [7, 11) is 0. The van der Waals surface area contributed by atoms with E-state index in [0.29, 0.717) is 4.80 Å². The van der Waals surface area contributed by atoms with Crippen LogP contribution in [0, 0.1) is 11.8 Å². The Morgan fingerprint density at radius 1 is 1.29 bits per heavy atom. The van der Waals surface area contributed by atoms with E-state index in [-0.39, 0.29) is 0 Å². The van der Waals surface area contributed by atoms with Crippen LogP contribution in [0.4, 0.5) is 0 Å². The van der Waals surface area contributed by atoms with Gasteiger partial charge in [0, 0.05) is 17.6 Å². The second-order valence-electron chi connectivity index (χ2n) is 3.73. The maximum absolute atomic E-state index is 10.2. The Morgan fingerprint density at radius 3 is 2.76 bits per heavy atom. The van der Waals surface area contributed by atoms with Gasteiger partial charge >= 0.3 is 0 Å². The summed E-state index contributed by atoms with van der Waals surface area (Å²) in [6, 6.07) is 10.2. The van der Waals surface area contributed by atoms with Crippen molar-refractivity contribution in [3.8, 4) is 0 Å². The second-order valence-corrected chi connectivity index (χ2v) is 4.57. The molecule has 0 saturated heterocycles. The number of nitroso groups, excluding NO2 is 1. The summed E-state index contributed by atoms with van der Waals surface area (Å²) < 4.78 is 2.01. The van der Waals surface area contributed by atoms with E-state index in [1.807, 2.05) is 35.1 Å². The first-order chi connectivity index (χ1) is 8.31. The zero-order valence-electron chi connectivity index (χ0n) is 9.54. The highest BCUT2D eigenvalue weighted by Gasteiger charge is 2.01. The van der Waals surface area contributed by atoms with Crippen LogP contribution in [0.15, 0.2) is 46.1 Å². The molecule has 0 saturated carbocycles. The van der Waals surface area contributed by atoms with E-state index in [1.165, 1.54) is 16.9 Å². The molecule has 2 aromatic rings. The van der Waals surface area contributed by atoms with Crippen molar-refractivity contribution in [2.75, 3.05) is 0 Å². The highest BCUT2D eigenvalue weighted by Crippen LogP contribution is 2.05. The van der Waals surface area contributed by atoms with Crippen molar-refractivity contribution in [3.05, 3.63) is 56.7 Å². The van der Waals surface area contributed by atoms with Crippen LogP contribution in [-0.2, 0) is 13.0 Å². The van der Waals surface area contributed by atoms with Gasteiger partial charge in [-0.1, -0.05) is 35.4 Å². The van der Waals surface area contributed by atoms with Crippen LogP contribution >= 0.6 is 11.3 Å². The number of aryl methyl sites for hydroxylation is 2. The SMILES string of the molecule is Cc1cs/c(=N\N=O)n1CCc1ccccc1. The molecule has 1 aromatic carbocycles. The molecule has 2 rings (SSSR count). The summed E-state index contributed by atoms with van der Waals surface area (Å²) in [6.07, 6.45) is 0.921. The summed E-state index contributed by atoms with van der Waals surface area (Å²) in [5, 5.41) is 8.17. The van der Waals surface area contributed by atoms with Crippen LogP contribution in [0.1, 0.15) is 11.3 Å². The third kappa shape index (κ3) is 2.88. The number of benzene rings is 1. The van der Waals surface area contributed by atoms with E-state index in [2.05, 4.69) is 22.5 Å². The molecule has 88 valence electrons. The van der Waals surface area contributed by atoms with E-state index in [4.69, 9.17) is 0 Å². The standard InChI is InChI=1S/C12H13N3OS/c1-10-9-17-12(13-14-16)15(10)8-7-11-5-3-2-4-6-11/h2-6,9H,7-8H2,1H3/b13-12-. The lowest BCUT2D eigenvalue weighted by atomic mass is 10.1. The van der Waals surface area contributed by atoms with Crippen LogP contribution in [-0.4, -0.2) is 4.57 Å². The van der Waals surface area contributed by atoms with Gasteiger partial charge in [-0.3, -0.25) is 0 Å². The summed E-state index contributed by atoms with van der Waals surface area (Å²) in [4.78, 5) is 10.8. The van der Waals surface area contributed by atoms with Gasteiger partial charge in [-0.15, -0.1) is 16.2 Å². The van der Waals surface area contributed by atoms with Crippen molar-refractivity contribution in [3.63, 3.8) is 0 Å². The average Bonchev–Trinajstić information content (AvgIpc) is 2.70. The Morgan fingerprint density at radius 2 is 2.06 bits per heavy atom. The van der Waals surface area contributed by atoms with Gasteiger partial charge in [0.1, 0.15) is 0 Å². The van der Waals surface area contributed by atoms with Crippen molar-refractivity contribution in [1.29, 1.82) is 0 Å². The normalized spacial score (nSPS) is 11.7. The summed E-state index contributed by atoms with van der Waals surface area (Å²) in [5.74, 6) is 0. The van der Waals surface area contributed by atoms with Crippen molar-refractivity contribution >= 4 is 11.3 Å². The highest BCUT2D eigenvalue weighted by molar-refractivity contribution is 7.07. The lowest BCUT2D eigenvalue weighted by Gasteiger charge is -2.05. The average molecular weight is 247 g/mol. The molecule has 5 heteroatoms. The summed E-state index contributed by atoms with van der Waals surface area (Å²) in [6.45, 7) is 2.82. The number of thiazole rings is 1. The Hall–Kier alpha value is -1.75. The van der Waals surface area contributed by atoms with Crippen molar-refractivity contribution < 1.29 is 0 Å². The lowest BCUT2D eigenvalue weighted by Crippen LogP contribution is -2.17. The lowest BCUT2D eigenvalue weighted by molar-refractivity contribution is 0.653. The number of aromatic nitrogens is 1. The minimum Gasteiger partial charge on any atom is -0.319 e. The number of nitrogens with zero attached hydrogens (tertiary/aromatic N) is 3. The molecule has 0 aliphatic rings. The molecule has 0 atom stereocenters. The molecule has 0 aliphatic carbocycles. The van der Waals surface area contributed by atoms with E-state index in [1.54, 1.807) is 0 Å². The Labute approximate surface area is 103 Å². The van der Waals surface area contributed by atoms with Gasteiger partial charge in [0.25, 0.3) is 0 Å². The van der Waals surface area contributed by atoms with E-state index in [9.17, 15) is 4.91 Å². The van der Waals surface area contributed by atoms with Crippen molar-refractivity contribution in [1.82, 2.24) is 4.57 Å². The first-order valence-electron chi connectivity index (χ1n) is 5.36. The Kier molecular flexibility index (Phi) is 3.82. The largest absolute Gasteiger partial charge is 0.319 e. The van der Waals surface area contributed by atoms with Crippen LogP contribution in [0.2, 0.25) is 0 Å². The molecule has 0 spiro atoms. The molecule has 0 radical (unpaired) electrons. The van der Waals surface area contributed by atoms with Crippen molar-refractivity contribution in [2.24, 2.45) is 10.4 Å². The van der Waals surface area contributed by atoms with Gasteiger partial charge in [0.05, 0.1) is 5.29 Å². The van der Waals surface area contributed by atoms with Crippen LogP contribution in [0.3, 0.4) is 0 Å². The van der Waals surface area contributed by atoms with Gasteiger partial charge in [-0.05, 0) is 18.9 Å². The van der Waals surface area contributed by atoms with E-state index < -0.39 is 0 Å². The zero-order valence-corrected chi connectivity index (χ0v) is 10.4. The van der Waals surface area contributed by atoms with Gasteiger partial charge in [-0.25, -0.2) is 0 Å². The van der Waals surface area contributed by atoms with Gasteiger partial charge < -0.3 is 4.57 Å². The van der Waals surface area contributed by atoms with E-state index >= 15 is 0 Å². The molecule has 0 N–H and O–H groups in total. The zero-order chi connectivity index (χ0) is 12.1. The first kappa shape index (κ1) is 11.7. The predicted molar refractivity (Wildman–Crippen MR) is 68.6 cm³/mol. The third-order valence-electron chi connectivity index (χ3n) is 2.58. The van der Waals surface area contributed by atoms with Crippen LogP contribution < -0.4 is 4.80 Å². The molecule has 17 heavy (non-hydrogen) atoms. The smallest absolute Gasteiger partial charge is 0.214 e. The maximum Gasteiger partial charge on any atom is 0.214 e. The molecule has 1 aromatic heterocycles. The minimum absolute atomic E-state index is 0.661. The topological polar surface area (TPSA) is 46.7 Å². The monoisotopic (exact) mass is 247 g/mol. The Balaban J connectivity index is 2.17. The molecule has 0 fully saturated rings. The van der Waals surface area contributed by atoms with Crippen molar-refractivity contribution in [2.45, 2.75) is 19.9 Å².